The van der Waals surface area contributed by atoms with Crippen molar-refractivity contribution in [1.82, 2.24) is 5.32 Å². The van der Waals surface area contributed by atoms with E-state index in [1.807, 2.05) is 37.3 Å². The van der Waals surface area contributed by atoms with Crippen LogP contribution < -0.4 is 5.32 Å². The van der Waals surface area contributed by atoms with Crippen LogP contribution in [0.25, 0.3) is 0 Å². The van der Waals surface area contributed by atoms with Gasteiger partial charge >= 0.3 is 0 Å². The van der Waals surface area contributed by atoms with E-state index in [9.17, 15) is 18.7 Å². The standard InChI is InChI=1S/C20H21F2NO2/c1-12(10-18(24)13-6-3-2-4-7-13)23-20(25)16-11-15(16)14-8-5-9-17(21)19(14)22/h2-9,12,15-16,18,24H,10-11H2,1H3,(H,23,25). The van der Waals surface area contributed by atoms with Crippen molar-refractivity contribution in [1.29, 1.82) is 0 Å². The van der Waals surface area contributed by atoms with Gasteiger partial charge in [0, 0.05) is 12.0 Å². The molecular weight excluding hydrogens is 324 g/mol. The highest BCUT2D eigenvalue weighted by atomic mass is 19.2. The molecule has 132 valence electrons. The maximum Gasteiger partial charge on any atom is 0.223 e. The van der Waals surface area contributed by atoms with Crippen LogP contribution in [0.3, 0.4) is 0 Å². The average molecular weight is 345 g/mol. The molecule has 1 fully saturated rings. The molecule has 2 N–H and O–H groups in total. The van der Waals surface area contributed by atoms with Gasteiger partial charge in [0.1, 0.15) is 0 Å². The molecule has 0 radical (unpaired) electrons. The van der Waals surface area contributed by atoms with Gasteiger partial charge in [0.2, 0.25) is 5.91 Å². The van der Waals surface area contributed by atoms with Crippen molar-refractivity contribution in [3.8, 4) is 0 Å². The first-order valence-corrected chi connectivity index (χ1v) is 8.44. The number of benzene rings is 2. The second-order valence-corrected chi connectivity index (χ2v) is 6.66. The number of amides is 1. The van der Waals surface area contributed by atoms with E-state index in [0.717, 1.165) is 11.6 Å². The molecule has 0 saturated heterocycles. The first-order chi connectivity index (χ1) is 12.0. The molecule has 0 aromatic heterocycles. The normalized spacial score (nSPS) is 21.4. The summed E-state index contributed by atoms with van der Waals surface area (Å²) in [6, 6.07) is 13.1. The predicted octanol–water partition coefficient (Wildman–Crippen LogP) is 3.70. The molecule has 5 heteroatoms. The Morgan fingerprint density at radius 1 is 1.20 bits per heavy atom. The summed E-state index contributed by atoms with van der Waals surface area (Å²) in [6.07, 6.45) is 0.244. The van der Waals surface area contributed by atoms with E-state index < -0.39 is 17.7 Å². The van der Waals surface area contributed by atoms with Crippen molar-refractivity contribution in [3.63, 3.8) is 0 Å². The van der Waals surface area contributed by atoms with Gasteiger partial charge in [0.05, 0.1) is 6.10 Å². The summed E-state index contributed by atoms with van der Waals surface area (Å²) in [5.74, 6) is -2.55. The zero-order chi connectivity index (χ0) is 18.0. The van der Waals surface area contributed by atoms with Crippen LogP contribution in [-0.4, -0.2) is 17.1 Å². The maximum absolute atomic E-state index is 13.8. The zero-order valence-corrected chi connectivity index (χ0v) is 14.0. The van der Waals surface area contributed by atoms with Gasteiger partial charge in [-0.05, 0) is 42.9 Å². The van der Waals surface area contributed by atoms with E-state index >= 15 is 0 Å². The lowest BCUT2D eigenvalue weighted by Crippen LogP contribution is -2.35. The number of rotatable bonds is 6. The lowest BCUT2D eigenvalue weighted by molar-refractivity contribution is -0.123. The Balaban J connectivity index is 1.54. The number of aliphatic hydroxyl groups excluding tert-OH is 1. The topological polar surface area (TPSA) is 49.3 Å². The minimum Gasteiger partial charge on any atom is -0.388 e. The Kier molecular flexibility index (Phi) is 5.13. The molecule has 0 heterocycles. The van der Waals surface area contributed by atoms with Gasteiger partial charge in [0.15, 0.2) is 11.6 Å². The van der Waals surface area contributed by atoms with Gasteiger partial charge in [-0.2, -0.15) is 0 Å². The number of hydrogen-bond acceptors (Lipinski definition) is 2. The van der Waals surface area contributed by atoms with E-state index in [0.29, 0.717) is 12.8 Å². The monoisotopic (exact) mass is 345 g/mol. The van der Waals surface area contributed by atoms with Gasteiger partial charge in [-0.15, -0.1) is 0 Å². The molecule has 3 rings (SSSR count). The fourth-order valence-corrected chi connectivity index (χ4v) is 3.19. The number of carbonyl (C=O) groups is 1. The summed E-state index contributed by atoms with van der Waals surface area (Å²) in [7, 11) is 0. The van der Waals surface area contributed by atoms with Gasteiger partial charge in [0.25, 0.3) is 0 Å². The minimum absolute atomic E-state index is 0.179. The summed E-state index contributed by atoms with van der Waals surface area (Å²) in [4.78, 5) is 12.3. The van der Waals surface area contributed by atoms with Crippen LogP contribution in [0.1, 0.15) is 42.9 Å². The number of halogens is 2. The lowest BCUT2D eigenvalue weighted by Gasteiger charge is -2.18. The van der Waals surface area contributed by atoms with E-state index in [-0.39, 0.29) is 29.3 Å². The minimum atomic E-state index is -0.886. The van der Waals surface area contributed by atoms with Crippen LogP contribution in [0.5, 0.6) is 0 Å². The third kappa shape index (κ3) is 4.04. The summed E-state index contributed by atoms with van der Waals surface area (Å²) in [5.41, 5.74) is 1.06. The van der Waals surface area contributed by atoms with Crippen LogP contribution in [0.2, 0.25) is 0 Å². The smallest absolute Gasteiger partial charge is 0.223 e. The van der Waals surface area contributed by atoms with Gasteiger partial charge < -0.3 is 10.4 Å². The zero-order valence-electron chi connectivity index (χ0n) is 14.0. The van der Waals surface area contributed by atoms with Crippen molar-refractivity contribution >= 4 is 5.91 Å². The molecule has 4 atom stereocenters. The Morgan fingerprint density at radius 3 is 2.64 bits per heavy atom. The van der Waals surface area contributed by atoms with E-state index in [1.165, 1.54) is 12.1 Å². The van der Waals surface area contributed by atoms with E-state index in [2.05, 4.69) is 5.32 Å². The van der Waals surface area contributed by atoms with Crippen LogP contribution in [0.15, 0.2) is 48.5 Å². The largest absolute Gasteiger partial charge is 0.388 e. The van der Waals surface area contributed by atoms with Crippen LogP contribution in [0, 0.1) is 17.6 Å². The van der Waals surface area contributed by atoms with Crippen molar-refractivity contribution in [2.45, 2.75) is 37.8 Å². The lowest BCUT2D eigenvalue weighted by atomic mass is 10.0. The van der Waals surface area contributed by atoms with Gasteiger partial charge in [-0.25, -0.2) is 8.78 Å². The SMILES string of the molecule is CC(CC(O)c1ccccc1)NC(=O)C1CC1c1cccc(F)c1F. The third-order valence-electron chi connectivity index (χ3n) is 4.66. The molecular formula is C20H21F2NO2. The molecule has 3 nitrogen and oxygen atoms in total. The van der Waals surface area contributed by atoms with E-state index in [4.69, 9.17) is 0 Å². The van der Waals surface area contributed by atoms with Crippen molar-refractivity contribution < 1.29 is 18.7 Å². The van der Waals surface area contributed by atoms with Crippen LogP contribution in [0.4, 0.5) is 8.78 Å². The van der Waals surface area contributed by atoms with E-state index in [1.54, 1.807) is 0 Å². The number of aliphatic hydroxyl groups is 1. The predicted molar refractivity (Wildman–Crippen MR) is 90.8 cm³/mol. The maximum atomic E-state index is 13.8. The van der Waals surface area contributed by atoms with Crippen LogP contribution in [-0.2, 0) is 4.79 Å². The number of hydrogen-bond donors (Lipinski definition) is 2. The molecule has 25 heavy (non-hydrogen) atoms. The average Bonchev–Trinajstić information content (AvgIpc) is 3.38. The van der Waals surface area contributed by atoms with Crippen molar-refractivity contribution in [2.75, 3.05) is 0 Å². The highest BCUT2D eigenvalue weighted by Crippen LogP contribution is 2.48. The summed E-state index contributed by atoms with van der Waals surface area (Å²) < 4.78 is 27.1. The molecule has 1 saturated carbocycles. The Labute approximate surface area is 145 Å². The fourth-order valence-electron chi connectivity index (χ4n) is 3.19. The second kappa shape index (κ2) is 7.31. The van der Waals surface area contributed by atoms with Gasteiger partial charge in [-0.3, -0.25) is 4.79 Å². The van der Waals surface area contributed by atoms with Crippen molar-refractivity contribution in [3.05, 3.63) is 71.3 Å². The van der Waals surface area contributed by atoms with Crippen LogP contribution >= 0.6 is 0 Å². The highest BCUT2D eigenvalue weighted by molar-refractivity contribution is 5.83. The number of nitrogens with one attached hydrogen (secondary N) is 1. The molecule has 1 aliphatic rings. The molecule has 0 spiro atoms. The molecule has 0 bridgehead atoms. The first kappa shape index (κ1) is 17.5. The summed E-state index contributed by atoms with van der Waals surface area (Å²) >= 11 is 0. The third-order valence-corrected chi connectivity index (χ3v) is 4.66. The molecule has 4 unspecified atom stereocenters. The Bertz CT molecular complexity index is 751. The molecule has 0 aliphatic heterocycles. The van der Waals surface area contributed by atoms with Gasteiger partial charge in [-0.1, -0.05) is 42.5 Å². The molecule has 1 aliphatic carbocycles. The Hall–Kier alpha value is -2.27. The summed E-state index contributed by atoms with van der Waals surface area (Å²) in [5, 5.41) is 13.1. The molecule has 2 aromatic rings. The summed E-state index contributed by atoms with van der Waals surface area (Å²) in [6.45, 7) is 1.82. The number of carbonyl (C=O) groups excluding carboxylic acids is 1. The molecule has 2 aromatic carbocycles. The quantitative estimate of drug-likeness (QED) is 0.839. The highest BCUT2D eigenvalue weighted by Gasteiger charge is 2.45. The second-order valence-electron chi connectivity index (χ2n) is 6.66. The fraction of sp³-hybridized carbons (Fsp3) is 0.350. The Morgan fingerprint density at radius 2 is 1.92 bits per heavy atom. The van der Waals surface area contributed by atoms with Crippen molar-refractivity contribution in [2.24, 2.45) is 5.92 Å². The molecule has 1 amide bonds. The first-order valence-electron chi connectivity index (χ1n) is 8.44.